The Balaban J connectivity index is -0.000000826. The average molecular weight is 1250 g/mol. The number of unbranched alkanes of at least 4 members (excludes halogenated alkanes) is 1. The summed E-state index contributed by atoms with van der Waals surface area (Å²) in [6.07, 6.45) is 15.7. The van der Waals surface area contributed by atoms with Crippen LogP contribution in [0, 0.1) is 0 Å². The van der Waals surface area contributed by atoms with Crippen molar-refractivity contribution < 1.29 is 143 Å². The molecule has 74 heavy (non-hydrogen) atoms. The molecule has 450 valence electrons. The van der Waals surface area contributed by atoms with Crippen LogP contribution < -0.4 is 0 Å². The van der Waals surface area contributed by atoms with Gasteiger partial charge in [-0.2, -0.15) is 79.0 Å². The van der Waals surface area contributed by atoms with Gasteiger partial charge in [0, 0.05) is 25.7 Å². The highest BCUT2D eigenvalue weighted by atomic mass is 32.3. The summed E-state index contributed by atoms with van der Waals surface area (Å²) in [6, 6.07) is 0. The highest BCUT2D eigenvalue weighted by molar-refractivity contribution is 8.14. The first-order chi connectivity index (χ1) is 32.4. The fourth-order valence-corrected chi connectivity index (χ4v) is 11.5. The number of alkyl halides is 18. The second kappa shape index (κ2) is 28.4. The Morgan fingerprint density at radius 3 is 0.608 bits per heavy atom. The summed E-state index contributed by atoms with van der Waals surface area (Å²) in [6.45, 7) is 19.6. The Morgan fingerprint density at radius 1 is 0.297 bits per heavy atom. The van der Waals surface area contributed by atoms with Gasteiger partial charge in [-0.05, 0) is 38.5 Å². The Bertz CT molecular complexity index is 2040. The molecule has 3 saturated heterocycles. The van der Waals surface area contributed by atoms with Crippen molar-refractivity contribution in [1.29, 1.82) is 0 Å². The molecule has 0 aromatic carbocycles. The standard InChI is InChI=1S/2C9H20N.C8H18N.3C2F6NO4S2/c1-3-7-10(2)8-5-4-6-9-10;1-3-4-7-10(2)8-5-6-9-10;1-3-6-9(2)7-4-5-8-9;3*3-1(4,5)14(10,11)9-15(12,13)2(6,7)8/h2*3-9H2,1-2H3;3-8H2,1-2H3;;;/q3*+1;3*-1. The van der Waals surface area contributed by atoms with E-state index in [-0.39, 0.29) is 0 Å². The lowest BCUT2D eigenvalue weighted by Gasteiger charge is -2.37. The number of sulfonamides is 6. The summed E-state index contributed by atoms with van der Waals surface area (Å²) in [7, 11) is -33.1. The summed E-state index contributed by atoms with van der Waals surface area (Å²) in [5.41, 5.74) is -37.2. The summed E-state index contributed by atoms with van der Waals surface area (Å²) in [5, 5.41) is 0. The van der Waals surface area contributed by atoms with E-state index in [0.717, 1.165) is 12.4 Å². The van der Waals surface area contributed by atoms with Gasteiger partial charge in [-0.25, -0.2) is 50.5 Å². The van der Waals surface area contributed by atoms with Crippen LogP contribution in [-0.2, 0) is 60.1 Å². The van der Waals surface area contributed by atoms with Crippen LogP contribution in [0.25, 0.3) is 12.4 Å². The average Bonchev–Trinajstić information content (AvgIpc) is 3.80. The van der Waals surface area contributed by atoms with Crippen LogP contribution in [0.1, 0.15) is 91.4 Å². The molecule has 0 atom stereocenters. The summed E-state index contributed by atoms with van der Waals surface area (Å²) >= 11 is 0. The van der Waals surface area contributed by atoms with Crippen molar-refractivity contribution in [3.63, 3.8) is 0 Å². The van der Waals surface area contributed by atoms with Gasteiger partial charge in [0.2, 0.25) is 0 Å². The number of nitrogens with zero attached hydrogens (tertiary/aromatic N) is 6. The molecular weight excluding hydrogens is 1190 g/mol. The van der Waals surface area contributed by atoms with Crippen molar-refractivity contribution in [1.82, 2.24) is 0 Å². The normalized spacial score (nSPS) is 18.8. The van der Waals surface area contributed by atoms with Gasteiger partial charge in [-0.15, -0.1) is 0 Å². The van der Waals surface area contributed by atoms with Crippen LogP contribution in [0.2, 0.25) is 0 Å². The van der Waals surface area contributed by atoms with Crippen LogP contribution >= 0.6 is 0 Å². The third kappa shape index (κ3) is 27.2. The minimum absolute atomic E-state index is 0.778. The largest absolute Gasteiger partial charge is 0.480 e. The predicted molar refractivity (Wildman–Crippen MR) is 230 cm³/mol. The van der Waals surface area contributed by atoms with Gasteiger partial charge in [-0.1, -0.05) is 27.2 Å². The number of piperidine rings is 1. The van der Waals surface area contributed by atoms with Crippen molar-refractivity contribution >= 4 is 60.1 Å². The zero-order chi connectivity index (χ0) is 59.8. The number of halogens is 18. The molecule has 0 aliphatic carbocycles. The number of hydrogen-bond acceptors (Lipinski definition) is 12. The molecule has 3 aliphatic heterocycles. The third-order valence-corrected chi connectivity index (χ3v) is 18.3. The summed E-state index contributed by atoms with van der Waals surface area (Å²) in [5.74, 6) is 0. The SMILES string of the molecule is CCCC[N+]1(C)CCCC1.CCC[N+]1(C)CCCC1.CCC[N+]1(C)CCCCC1.O=S(=O)([N-]S(=O)(=O)C(F)(F)F)C(F)(F)F.O=S(=O)([N-]S(=O)(=O)C(F)(F)F)C(F)(F)F.O=S(=O)([N-]S(=O)(=O)C(F)(F)F)C(F)(F)F. The molecule has 0 aromatic rings. The highest BCUT2D eigenvalue weighted by Crippen LogP contribution is 2.39. The van der Waals surface area contributed by atoms with E-state index in [9.17, 15) is 130 Å². The molecule has 0 N–H and O–H groups in total. The number of hydrogen-bond donors (Lipinski definition) is 0. The van der Waals surface area contributed by atoms with Crippen LogP contribution in [-0.4, -0.2) is 177 Å². The van der Waals surface area contributed by atoms with Gasteiger partial charge >= 0.3 is 33.0 Å². The number of quaternary nitrogens is 3. The second-order valence-corrected chi connectivity index (χ2v) is 27.2. The van der Waals surface area contributed by atoms with Gasteiger partial charge in [0.05, 0.1) is 80.0 Å². The smallest absolute Gasteiger partial charge is 0.421 e. The van der Waals surface area contributed by atoms with E-state index < -0.39 is 93.2 Å². The van der Waals surface area contributed by atoms with Gasteiger partial charge in [-0.3, -0.25) is 0 Å². The molecule has 0 unspecified atom stereocenters. The first kappa shape index (κ1) is 76.4. The first-order valence-electron chi connectivity index (χ1n) is 21.0. The van der Waals surface area contributed by atoms with Crippen molar-refractivity contribution in [2.75, 3.05) is 80.0 Å². The Labute approximate surface area is 418 Å². The lowest BCUT2D eigenvalue weighted by atomic mass is 10.1. The van der Waals surface area contributed by atoms with E-state index in [1.807, 2.05) is 0 Å². The van der Waals surface area contributed by atoms with Gasteiger partial charge in [0.25, 0.3) is 0 Å². The number of rotatable bonds is 13. The molecule has 0 aromatic heterocycles. The minimum Gasteiger partial charge on any atom is -0.421 e. The molecule has 18 nitrogen and oxygen atoms in total. The molecule has 0 amide bonds. The van der Waals surface area contributed by atoms with E-state index in [1.165, 1.54) is 143 Å². The van der Waals surface area contributed by atoms with Gasteiger partial charge < -0.3 is 25.8 Å². The number of likely N-dealkylation sites (tertiary alicyclic amines) is 3. The molecule has 0 spiro atoms. The maximum atomic E-state index is 11.4. The topological polar surface area (TPSA) is 247 Å². The Morgan fingerprint density at radius 2 is 0.459 bits per heavy atom. The van der Waals surface area contributed by atoms with Crippen molar-refractivity contribution in [2.24, 2.45) is 0 Å². The highest BCUT2D eigenvalue weighted by Gasteiger charge is 2.49. The van der Waals surface area contributed by atoms with Crippen LogP contribution in [0.4, 0.5) is 79.0 Å². The van der Waals surface area contributed by atoms with Gasteiger partial charge in [0.1, 0.15) is 0 Å². The van der Waals surface area contributed by atoms with Crippen molar-refractivity contribution in [3.8, 4) is 0 Å². The van der Waals surface area contributed by atoms with E-state index in [0.29, 0.717) is 0 Å². The second-order valence-electron chi connectivity index (χ2n) is 16.9. The summed E-state index contributed by atoms with van der Waals surface area (Å²) < 4.78 is 332. The molecule has 3 aliphatic rings. The molecule has 3 fully saturated rings. The van der Waals surface area contributed by atoms with Crippen LogP contribution in [0.3, 0.4) is 0 Å². The Hall–Kier alpha value is -1.80. The zero-order valence-electron chi connectivity index (χ0n) is 40.0. The molecule has 3 rings (SSSR count). The van der Waals surface area contributed by atoms with Crippen molar-refractivity contribution in [3.05, 3.63) is 12.4 Å². The lowest BCUT2D eigenvalue weighted by Crippen LogP contribution is -2.48. The van der Waals surface area contributed by atoms with E-state index in [4.69, 9.17) is 0 Å². The van der Waals surface area contributed by atoms with Crippen LogP contribution in [0.5, 0.6) is 0 Å². The predicted octanol–water partition coefficient (Wildman–Crippen LogP) is 8.87. The minimum atomic E-state index is -6.72. The quantitative estimate of drug-likeness (QED) is 0.124. The molecule has 0 radical (unpaired) electrons. The Kier molecular flexibility index (Phi) is 29.3. The summed E-state index contributed by atoms with van der Waals surface area (Å²) in [4.78, 5) is 0. The lowest BCUT2D eigenvalue weighted by molar-refractivity contribution is -0.914. The monoisotopic (exact) mass is 1250 g/mol. The first-order valence-corrected chi connectivity index (χ1v) is 29.7. The van der Waals surface area contributed by atoms with Crippen LogP contribution in [0.15, 0.2) is 0 Å². The van der Waals surface area contributed by atoms with E-state index in [1.54, 1.807) is 0 Å². The molecular formula is C32H58F18N6O12S6. The van der Waals surface area contributed by atoms with E-state index >= 15 is 0 Å². The third-order valence-electron chi connectivity index (χ3n) is 10.1. The van der Waals surface area contributed by atoms with E-state index in [2.05, 4.69) is 41.9 Å². The zero-order valence-corrected chi connectivity index (χ0v) is 44.9. The molecule has 0 saturated carbocycles. The molecule has 42 heteroatoms. The molecule has 0 bridgehead atoms. The van der Waals surface area contributed by atoms with Crippen molar-refractivity contribution in [2.45, 2.75) is 124 Å². The fraction of sp³-hybridized carbons (Fsp3) is 1.00. The van der Waals surface area contributed by atoms with Gasteiger partial charge in [0.15, 0.2) is 60.1 Å². The maximum Gasteiger partial charge on any atom is 0.480 e. The maximum absolute atomic E-state index is 11.4. The fourth-order valence-electron chi connectivity index (χ4n) is 6.40. The molecule has 3 heterocycles.